The van der Waals surface area contributed by atoms with Gasteiger partial charge in [-0.3, -0.25) is 9.59 Å². The Morgan fingerprint density at radius 2 is 1.91 bits per heavy atom. The van der Waals surface area contributed by atoms with Gasteiger partial charge in [0.2, 0.25) is 17.6 Å². The molecule has 0 fully saturated rings. The van der Waals surface area contributed by atoms with Gasteiger partial charge in [0.25, 0.3) is 5.89 Å². The molecule has 1 aromatic heterocycles. The van der Waals surface area contributed by atoms with Gasteiger partial charge < -0.3 is 9.84 Å². The van der Waals surface area contributed by atoms with Crippen molar-refractivity contribution in [2.45, 2.75) is 19.0 Å². The molecule has 0 saturated heterocycles. The van der Waals surface area contributed by atoms with Gasteiger partial charge in [0.05, 0.1) is 11.3 Å². The molecule has 12 heteroatoms. The van der Waals surface area contributed by atoms with Crippen LogP contribution in [0.15, 0.2) is 58.2 Å². The van der Waals surface area contributed by atoms with E-state index in [1.165, 1.54) is 6.07 Å². The van der Waals surface area contributed by atoms with Crippen molar-refractivity contribution in [1.29, 1.82) is 0 Å². The Labute approximate surface area is 190 Å². The zero-order valence-electron chi connectivity index (χ0n) is 16.8. The Morgan fingerprint density at radius 1 is 1.15 bits per heavy atom. The Kier molecular flexibility index (Phi) is 6.14. The van der Waals surface area contributed by atoms with Crippen molar-refractivity contribution in [2.75, 3.05) is 11.9 Å². The lowest BCUT2D eigenvalue weighted by Crippen LogP contribution is -2.38. The third-order valence-corrected chi connectivity index (χ3v) is 4.90. The lowest BCUT2D eigenvalue weighted by Gasteiger charge is -2.22. The van der Waals surface area contributed by atoms with Gasteiger partial charge in [0, 0.05) is 23.4 Å². The van der Waals surface area contributed by atoms with E-state index in [1.807, 2.05) is 18.2 Å². The van der Waals surface area contributed by atoms with E-state index < -0.39 is 35.8 Å². The first-order chi connectivity index (χ1) is 15.7. The minimum absolute atomic E-state index is 0.0178. The van der Waals surface area contributed by atoms with Crippen LogP contribution in [0.1, 0.15) is 24.3 Å². The van der Waals surface area contributed by atoms with Crippen LogP contribution in [0, 0.1) is 0 Å². The summed E-state index contributed by atoms with van der Waals surface area (Å²) in [7, 11) is 0. The summed E-state index contributed by atoms with van der Waals surface area (Å²) in [4.78, 5) is 28.9. The second kappa shape index (κ2) is 9.02. The topological polar surface area (TPSA) is 101 Å². The highest BCUT2D eigenvalue weighted by Crippen LogP contribution is 2.36. The fraction of sp³-hybridized carbons (Fsp3) is 0.190. The average molecular weight is 478 g/mol. The number of nitrogens with zero attached hydrogens (tertiary/aromatic N) is 4. The molecule has 2 heterocycles. The molecule has 0 radical (unpaired) electrons. The van der Waals surface area contributed by atoms with Crippen molar-refractivity contribution in [3.63, 3.8) is 0 Å². The Hall–Kier alpha value is -3.73. The van der Waals surface area contributed by atoms with Crippen LogP contribution in [-0.4, -0.2) is 39.2 Å². The highest BCUT2D eigenvalue weighted by Gasteiger charge is 2.34. The molecule has 1 aliphatic rings. The number of aromatic nitrogens is 2. The number of anilines is 1. The molecule has 1 aliphatic heterocycles. The van der Waals surface area contributed by atoms with E-state index >= 15 is 0 Å². The maximum atomic E-state index is 13.2. The number of hydrogen-bond donors (Lipinski definition) is 1. The van der Waals surface area contributed by atoms with Gasteiger partial charge in [-0.2, -0.15) is 23.3 Å². The normalized spacial score (nSPS) is 14.2. The van der Waals surface area contributed by atoms with E-state index in [1.54, 1.807) is 12.1 Å². The average Bonchev–Trinajstić information content (AvgIpc) is 3.27. The van der Waals surface area contributed by atoms with Crippen LogP contribution in [0.5, 0.6) is 0 Å². The van der Waals surface area contributed by atoms with E-state index in [0.717, 1.165) is 16.6 Å². The molecule has 1 N–H and O–H groups in total. The van der Waals surface area contributed by atoms with Crippen LogP contribution >= 0.6 is 11.6 Å². The monoisotopic (exact) mass is 477 g/mol. The Bertz CT molecular complexity index is 1230. The zero-order valence-corrected chi connectivity index (χ0v) is 17.5. The number of nitrogens with one attached hydrogen (secondary N) is 1. The number of carbonyl (C=O) groups is 2. The molecule has 2 aromatic carbocycles. The zero-order chi connectivity index (χ0) is 23.6. The number of amides is 2. The van der Waals surface area contributed by atoms with E-state index in [-0.39, 0.29) is 23.8 Å². The summed E-state index contributed by atoms with van der Waals surface area (Å²) in [5.74, 6) is -0.916. The number of alkyl halides is 3. The SMILES string of the molecule is O=C(CN1N=C(c2nc(-c3ccccc3)no2)CCC1=O)Nc1ccc(Cl)cc1C(F)(F)F. The fourth-order valence-corrected chi connectivity index (χ4v) is 3.28. The van der Waals surface area contributed by atoms with Crippen molar-refractivity contribution in [3.05, 3.63) is 65.0 Å². The predicted octanol–water partition coefficient (Wildman–Crippen LogP) is 4.37. The third-order valence-electron chi connectivity index (χ3n) is 4.66. The van der Waals surface area contributed by atoms with Gasteiger partial charge in [-0.25, -0.2) is 5.01 Å². The first-order valence-corrected chi connectivity index (χ1v) is 10.0. The molecule has 2 amide bonds. The van der Waals surface area contributed by atoms with Gasteiger partial charge in [0.15, 0.2) is 0 Å². The van der Waals surface area contributed by atoms with Crippen LogP contribution in [0.2, 0.25) is 5.02 Å². The third kappa shape index (κ3) is 5.20. The van der Waals surface area contributed by atoms with Crippen LogP contribution in [-0.2, 0) is 15.8 Å². The summed E-state index contributed by atoms with van der Waals surface area (Å²) in [5, 5.41) is 10.9. The van der Waals surface area contributed by atoms with Crippen LogP contribution < -0.4 is 5.32 Å². The number of carbonyl (C=O) groups excluding carboxylic acids is 2. The van der Waals surface area contributed by atoms with Crippen molar-refractivity contribution < 1.29 is 27.3 Å². The van der Waals surface area contributed by atoms with Gasteiger partial charge in [-0.05, 0) is 18.2 Å². The standard InChI is InChI=1S/C21H15ClF3N5O3/c22-13-6-7-15(14(10-13)21(23,24)25)26-17(31)11-30-18(32)9-8-16(28-30)20-27-19(29-33-20)12-4-2-1-3-5-12/h1-7,10H,8-9,11H2,(H,26,31). The van der Waals surface area contributed by atoms with Gasteiger partial charge in [0.1, 0.15) is 12.3 Å². The van der Waals surface area contributed by atoms with Crippen LogP contribution in [0.3, 0.4) is 0 Å². The summed E-state index contributed by atoms with van der Waals surface area (Å²) in [6.45, 7) is -0.595. The maximum absolute atomic E-state index is 13.2. The second-order valence-electron chi connectivity index (χ2n) is 7.02. The molecule has 0 spiro atoms. The number of halogens is 4. The van der Waals surface area contributed by atoms with Crippen molar-refractivity contribution in [2.24, 2.45) is 5.10 Å². The number of hydrazone groups is 1. The molecule has 0 saturated carbocycles. The lowest BCUT2D eigenvalue weighted by atomic mass is 10.1. The molecule has 4 rings (SSSR count). The predicted molar refractivity (Wildman–Crippen MR) is 112 cm³/mol. The van der Waals surface area contributed by atoms with Crippen molar-refractivity contribution >= 4 is 34.8 Å². The van der Waals surface area contributed by atoms with E-state index in [0.29, 0.717) is 17.6 Å². The maximum Gasteiger partial charge on any atom is 0.418 e. The second-order valence-corrected chi connectivity index (χ2v) is 7.46. The Morgan fingerprint density at radius 3 is 2.64 bits per heavy atom. The summed E-state index contributed by atoms with van der Waals surface area (Å²) < 4.78 is 45.0. The molecule has 0 bridgehead atoms. The van der Waals surface area contributed by atoms with E-state index in [9.17, 15) is 22.8 Å². The van der Waals surface area contributed by atoms with Crippen molar-refractivity contribution in [3.8, 4) is 11.4 Å². The highest BCUT2D eigenvalue weighted by molar-refractivity contribution is 6.30. The summed E-state index contributed by atoms with van der Waals surface area (Å²) in [6.07, 6.45) is -4.50. The molecule has 8 nitrogen and oxygen atoms in total. The smallest absolute Gasteiger partial charge is 0.332 e. The minimum Gasteiger partial charge on any atom is -0.332 e. The number of rotatable bonds is 5. The molecule has 0 aliphatic carbocycles. The van der Waals surface area contributed by atoms with Crippen LogP contribution in [0.4, 0.5) is 18.9 Å². The van der Waals surface area contributed by atoms with Crippen molar-refractivity contribution in [1.82, 2.24) is 15.1 Å². The summed E-state index contributed by atoms with van der Waals surface area (Å²) >= 11 is 5.65. The molecule has 170 valence electrons. The first kappa shape index (κ1) is 22.5. The van der Waals surface area contributed by atoms with Crippen LogP contribution in [0.25, 0.3) is 11.4 Å². The van der Waals surface area contributed by atoms with E-state index in [2.05, 4.69) is 20.6 Å². The molecule has 0 unspecified atom stereocenters. The minimum atomic E-state index is -4.73. The largest absolute Gasteiger partial charge is 0.418 e. The first-order valence-electron chi connectivity index (χ1n) is 9.64. The van der Waals surface area contributed by atoms with Gasteiger partial charge >= 0.3 is 6.18 Å². The number of benzene rings is 2. The molecule has 33 heavy (non-hydrogen) atoms. The quantitative estimate of drug-likeness (QED) is 0.588. The molecule has 3 aromatic rings. The summed E-state index contributed by atoms with van der Waals surface area (Å²) in [5.41, 5.74) is -0.564. The summed E-state index contributed by atoms with van der Waals surface area (Å²) in [6, 6.07) is 12.0. The molecule has 0 atom stereocenters. The Balaban J connectivity index is 1.50. The highest BCUT2D eigenvalue weighted by atomic mass is 35.5. The molecular weight excluding hydrogens is 463 g/mol. The number of hydrogen-bond acceptors (Lipinski definition) is 6. The lowest BCUT2D eigenvalue weighted by molar-refractivity contribution is -0.137. The fourth-order valence-electron chi connectivity index (χ4n) is 3.11. The van der Waals surface area contributed by atoms with Gasteiger partial charge in [-0.15, -0.1) is 0 Å². The molecular formula is C21H15ClF3N5O3. The van der Waals surface area contributed by atoms with Gasteiger partial charge in [-0.1, -0.05) is 47.1 Å². The van der Waals surface area contributed by atoms with E-state index in [4.69, 9.17) is 16.1 Å².